The van der Waals surface area contributed by atoms with E-state index < -0.39 is 0 Å². The minimum atomic E-state index is -0.0850. The monoisotopic (exact) mass is 302 g/mol. The molecule has 4 heteroatoms. The highest BCUT2D eigenvalue weighted by Crippen LogP contribution is 2.19. The second kappa shape index (κ2) is 6.72. The number of aryl methyl sites for hydroxylation is 2. The van der Waals surface area contributed by atoms with E-state index in [2.05, 4.69) is 4.98 Å². The average molecular weight is 303 g/mol. The maximum atomic E-state index is 12.6. The summed E-state index contributed by atoms with van der Waals surface area (Å²) in [5.74, 6) is -0.0850. The first-order chi connectivity index (χ1) is 10.0. The number of aromatic nitrogens is 1. The molecule has 110 valence electrons. The van der Waals surface area contributed by atoms with Crippen LogP contribution in [0.5, 0.6) is 0 Å². The summed E-state index contributed by atoms with van der Waals surface area (Å²) < 4.78 is 0. The van der Waals surface area contributed by atoms with Crippen LogP contribution in [0.1, 0.15) is 34.1 Å². The number of benzene rings is 1. The van der Waals surface area contributed by atoms with Gasteiger partial charge in [0.2, 0.25) is 0 Å². The van der Waals surface area contributed by atoms with Crippen LogP contribution in [0.2, 0.25) is 5.02 Å². The third kappa shape index (κ3) is 3.61. The summed E-state index contributed by atoms with van der Waals surface area (Å²) in [6, 6.07) is 9.80. The van der Waals surface area contributed by atoms with Crippen molar-refractivity contribution in [2.24, 2.45) is 0 Å². The third-order valence-corrected chi connectivity index (χ3v) is 3.82. The van der Waals surface area contributed by atoms with Crippen molar-refractivity contribution in [2.75, 3.05) is 6.54 Å². The van der Waals surface area contributed by atoms with Gasteiger partial charge in [-0.05, 0) is 38.0 Å². The second-order valence-electron chi connectivity index (χ2n) is 5.05. The Labute approximate surface area is 130 Å². The van der Waals surface area contributed by atoms with Crippen LogP contribution in [0.4, 0.5) is 0 Å². The van der Waals surface area contributed by atoms with Crippen LogP contribution in [0, 0.1) is 13.8 Å². The largest absolute Gasteiger partial charge is 0.334 e. The lowest BCUT2D eigenvalue weighted by Crippen LogP contribution is -2.31. The van der Waals surface area contributed by atoms with Crippen molar-refractivity contribution in [1.82, 2.24) is 9.88 Å². The molecule has 1 aromatic carbocycles. The Hall–Kier alpha value is -1.87. The van der Waals surface area contributed by atoms with Gasteiger partial charge in [0, 0.05) is 25.0 Å². The van der Waals surface area contributed by atoms with E-state index >= 15 is 0 Å². The minimum Gasteiger partial charge on any atom is -0.334 e. The van der Waals surface area contributed by atoms with Gasteiger partial charge in [0.25, 0.3) is 5.91 Å². The van der Waals surface area contributed by atoms with Gasteiger partial charge in [-0.15, -0.1) is 0 Å². The Morgan fingerprint density at radius 2 is 2.00 bits per heavy atom. The van der Waals surface area contributed by atoms with Crippen molar-refractivity contribution in [3.05, 3.63) is 63.9 Å². The normalized spacial score (nSPS) is 10.5. The molecule has 0 unspecified atom stereocenters. The molecule has 2 rings (SSSR count). The van der Waals surface area contributed by atoms with E-state index in [-0.39, 0.29) is 5.91 Å². The number of carbonyl (C=O) groups excluding carboxylic acids is 1. The Balaban J connectivity index is 2.25. The van der Waals surface area contributed by atoms with Gasteiger partial charge < -0.3 is 4.90 Å². The summed E-state index contributed by atoms with van der Waals surface area (Å²) in [6.07, 6.45) is 1.56. The summed E-state index contributed by atoms with van der Waals surface area (Å²) in [6.45, 7) is 7.06. The van der Waals surface area contributed by atoms with E-state index in [4.69, 9.17) is 11.6 Å². The molecule has 0 atom stereocenters. The van der Waals surface area contributed by atoms with E-state index in [1.165, 1.54) is 5.56 Å². The highest BCUT2D eigenvalue weighted by atomic mass is 35.5. The van der Waals surface area contributed by atoms with E-state index in [9.17, 15) is 4.79 Å². The first-order valence-electron chi connectivity index (χ1n) is 6.99. The Kier molecular flexibility index (Phi) is 4.97. The first-order valence-corrected chi connectivity index (χ1v) is 7.36. The number of nitrogens with zero attached hydrogens (tertiary/aromatic N) is 2. The van der Waals surface area contributed by atoms with Gasteiger partial charge in [0.05, 0.1) is 10.6 Å². The molecule has 0 aliphatic rings. The minimum absolute atomic E-state index is 0.0850. The average Bonchev–Trinajstić information content (AvgIpc) is 2.46. The Bertz CT molecular complexity index is 655. The summed E-state index contributed by atoms with van der Waals surface area (Å²) in [5, 5.41) is 0.454. The lowest BCUT2D eigenvalue weighted by atomic mass is 10.1. The summed E-state index contributed by atoms with van der Waals surface area (Å²) in [7, 11) is 0. The molecule has 0 saturated heterocycles. The van der Waals surface area contributed by atoms with Gasteiger partial charge in [-0.1, -0.05) is 35.9 Å². The molecule has 3 nitrogen and oxygen atoms in total. The zero-order chi connectivity index (χ0) is 15.4. The maximum Gasteiger partial charge on any atom is 0.257 e. The molecule has 1 aromatic heterocycles. The summed E-state index contributed by atoms with van der Waals surface area (Å²) in [5.41, 5.74) is 3.58. The first kappa shape index (κ1) is 15.5. The van der Waals surface area contributed by atoms with Crippen molar-refractivity contribution in [1.29, 1.82) is 0 Å². The van der Waals surface area contributed by atoms with Gasteiger partial charge in [-0.2, -0.15) is 0 Å². The zero-order valence-electron chi connectivity index (χ0n) is 12.6. The number of hydrogen-bond acceptors (Lipinski definition) is 2. The van der Waals surface area contributed by atoms with Crippen molar-refractivity contribution in [3.8, 4) is 0 Å². The van der Waals surface area contributed by atoms with Gasteiger partial charge >= 0.3 is 0 Å². The summed E-state index contributed by atoms with van der Waals surface area (Å²) in [4.78, 5) is 18.6. The van der Waals surface area contributed by atoms with Crippen LogP contribution < -0.4 is 0 Å². The molecule has 0 N–H and O–H groups in total. The fourth-order valence-electron chi connectivity index (χ4n) is 2.17. The lowest BCUT2D eigenvalue weighted by molar-refractivity contribution is 0.0752. The van der Waals surface area contributed by atoms with Gasteiger partial charge in [0.1, 0.15) is 0 Å². The predicted octanol–water partition coefficient (Wildman–Crippen LogP) is 4.01. The number of pyridine rings is 1. The molecule has 1 heterocycles. The van der Waals surface area contributed by atoms with E-state index in [0.29, 0.717) is 23.7 Å². The van der Waals surface area contributed by atoms with Crippen molar-refractivity contribution in [3.63, 3.8) is 0 Å². The van der Waals surface area contributed by atoms with Gasteiger partial charge in [0.15, 0.2) is 0 Å². The molecule has 0 saturated carbocycles. The van der Waals surface area contributed by atoms with Crippen molar-refractivity contribution in [2.45, 2.75) is 27.3 Å². The molecular formula is C17H19ClN2O. The maximum absolute atomic E-state index is 12.6. The molecule has 21 heavy (non-hydrogen) atoms. The van der Waals surface area contributed by atoms with E-state index in [1.54, 1.807) is 17.2 Å². The molecule has 0 radical (unpaired) electrons. The lowest BCUT2D eigenvalue weighted by Gasteiger charge is -2.22. The number of hydrogen-bond donors (Lipinski definition) is 0. The molecular weight excluding hydrogens is 284 g/mol. The molecule has 0 aliphatic heterocycles. The molecule has 1 amide bonds. The fraction of sp³-hybridized carbons (Fsp3) is 0.294. The molecule has 2 aromatic rings. The van der Waals surface area contributed by atoms with Crippen LogP contribution in [0.15, 0.2) is 36.5 Å². The predicted molar refractivity (Wildman–Crippen MR) is 85.6 cm³/mol. The fourth-order valence-corrected chi connectivity index (χ4v) is 2.46. The highest BCUT2D eigenvalue weighted by Gasteiger charge is 2.18. The quantitative estimate of drug-likeness (QED) is 0.855. The zero-order valence-corrected chi connectivity index (χ0v) is 13.3. The number of rotatable bonds is 4. The van der Waals surface area contributed by atoms with Gasteiger partial charge in [-0.3, -0.25) is 9.78 Å². The van der Waals surface area contributed by atoms with Crippen LogP contribution in [-0.4, -0.2) is 22.3 Å². The topological polar surface area (TPSA) is 33.2 Å². The Morgan fingerprint density at radius 1 is 1.29 bits per heavy atom. The van der Waals surface area contributed by atoms with Crippen LogP contribution in [0.25, 0.3) is 0 Å². The van der Waals surface area contributed by atoms with Crippen LogP contribution in [-0.2, 0) is 6.54 Å². The van der Waals surface area contributed by atoms with E-state index in [0.717, 1.165) is 11.3 Å². The number of halogens is 1. The smallest absolute Gasteiger partial charge is 0.257 e. The number of amides is 1. The summed E-state index contributed by atoms with van der Waals surface area (Å²) >= 11 is 6.17. The standard InChI is InChI=1S/C17H19ClN2O/c1-4-20(11-14-8-6-5-7-12(14)2)17(21)15-10-19-13(3)9-16(15)18/h5-10H,4,11H2,1-3H3. The van der Waals surface area contributed by atoms with E-state index in [1.807, 2.05) is 45.0 Å². The van der Waals surface area contributed by atoms with Crippen molar-refractivity contribution < 1.29 is 4.79 Å². The molecule has 0 bridgehead atoms. The van der Waals surface area contributed by atoms with Gasteiger partial charge in [-0.25, -0.2) is 0 Å². The van der Waals surface area contributed by atoms with Crippen molar-refractivity contribution >= 4 is 17.5 Å². The molecule has 0 aliphatic carbocycles. The second-order valence-corrected chi connectivity index (χ2v) is 5.46. The van der Waals surface area contributed by atoms with Crippen LogP contribution >= 0.6 is 11.6 Å². The third-order valence-electron chi connectivity index (χ3n) is 3.51. The highest BCUT2D eigenvalue weighted by molar-refractivity contribution is 6.33. The molecule has 0 spiro atoms. The van der Waals surface area contributed by atoms with Crippen LogP contribution in [0.3, 0.4) is 0 Å². The molecule has 0 fully saturated rings. The number of carbonyl (C=O) groups is 1. The SMILES string of the molecule is CCN(Cc1ccccc1C)C(=O)c1cnc(C)cc1Cl. The Morgan fingerprint density at radius 3 is 2.62 bits per heavy atom.